The summed E-state index contributed by atoms with van der Waals surface area (Å²) >= 11 is 0. The number of piperazine rings is 1. The van der Waals surface area contributed by atoms with Crippen LogP contribution in [0.1, 0.15) is 22.8 Å². The largest absolute Gasteiger partial charge is 0.490 e. The lowest BCUT2D eigenvalue weighted by Gasteiger charge is -2.42. The Morgan fingerprint density at radius 1 is 1.10 bits per heavy atom. The minimum absolute atomic E-state index is 0.00719. The number of pyridine rings is 1. The van der Waals surface area contributed by atoms with Gasteiger partial charge in [-0.1, -0.05) is 36.4 Å². The molecule has 0 saturated carbocycles. The van der Waals surface area contributed by atoms with Gasteiger partial charge in [-0.05, 0) is 23.3 Å². The number of allylic oxidation sites excluding steroid dienone is 2. The van der Waals surface area contributed by atoms with E-state index in [0.717, 1.165) is 41.1 Å². The summed E-state index contributed by atoms with van der Waals surface area (Å²) in [6.07, 6.45) is 6.99. The first-order chi connectivity index (χ1) is 19.5. The maximum absolute atomic E-state index is 13.2. The fourth-order valence-electron chi connectivity index (χ4n) is 5.29. The van der Waals surface area contributed by atoms with Crippen molar-refractivity contribution in [2.75, 3.05) is 67.2 Å². The number of hydrogen-bond donors (Lipinski definition) is 0. The van der Waals surface area contributed by atoms with Crippen LogP contribution in [0.4, 0.5) is 0 Å². The average Bonchev–Trinajstić information content (AvgIpc) is 3.41. The topological polar surface area (TPSA) is 95.6 Å². The number of likely N-dealkylation sites (N-methyl/N-ethyl adjacent to an activating group) is 1. The van der Waals surface area contributed by atoms with Gasteiger partial charge in [0, 0.05) is 59.6 Å². The van der Waals surface area contributed by atoms with Gasteiger partial charge in [0.2, 0.25) is 0 Å². The van der Waals surface area contributed by atoms with Gasteiger partial charge < -0.3 is 28.9 Å². The zero-order valence-electron chi connectivity index (χ0n) is 23.1. The molecule has 0 bridgehead atoms. The van der Waals surface area contributed by atoms with Crippen LogP contribution in [0, 0.1) is 11.3 Å². The predicted octanol–water partition coefficient (Wildman–Crippen LogP) is 2.93. The number of aromatic nitrogens is 2. The van der Waals surface area contributed by atoms with E-state index >= 15 is 0 Å². The summed E-state index contributed by atoms with van der Waals surface area (Å²) in [4.78, 5) is 19.6. The Balaban J connectivity index is 1.33. The van der Waals surface area contributed by atoms with Gasteiger partial charge in [0.15, 0.2) is 6.10 Å². The van der Waals surface area contributed by atoms with Gasteiger partial charge in [0.25, 0.3) is 5.91 Å². The predicted molar refractivity (Wildman–Crippen MR) is 150 cm³/mol. The van der Waals surface area contributed by atoms with Crippen LogP contribution in [-0.2, 0) is 14.3 Å². The molecule has 10 nitrogen and oxygen atoms in total. The molecular formula is C30H34N6O4. The third kappa shape index (κ3) is 5.52. The van der Waals surface area contributed by atoms with Crippen LogP contribution in [-0.4, -0.2) is 97.4 Å². The number of hydrogen-bond acceptors (Lipinski definition) is 8. The maximum Gasteiger partial charge on any atom is 0.256 e. The number of nitrogens with zero attached hydrogens (tertiary/aromatic N) is 6. The van der Waals surface area contributed by atoms with Crippen molar-refractivity contribution in [1.29, 1.82) is 5.26 Å². The molecule has 40 heavy (non-hydrogen) atoms. The molecule has 3 aromatic rings. The van der Waals surface area contributed by atoms with Crippen molar-refractivity contribution in [1.82, 2.24) is 24.3 Å². The molecule has 0 N–H and O–H groups in total. The molecule has 1 amide bonds. The average molecular weight is 543 g/mol. The third-order valence-electron chi connectivity index (χ3n) is 7.32. The SMILES string of the molecule is COCCOc1cc(C2=CC=C(N3CCN(C(=O)[C@H](OC)c4ccccc4)CC3)N(C)C2)c2c(C#N)cnn2c1. The molecule has 0 radical (unpaired) electrons. The second kappa shape index (κ2) is 12.2. The van der Waals surface area contributed by atoms with E-state index in [0.29, 0.717) is 44.2 Å². The summed E-state index contributed by atoms with van der Waals surface area (Å²) in [5.41, 5.74) is 4.11. The van der Waals surface area contributed by atoms with Gasteiger partial charge in [0.1, 0.15) is 24.2 Å². The van der Waals surface area contributed by atoms with Crippen molar-refractivity contribution < 1.29 is 19.0 Å². The summed E-state index contributed by atoms with van der Waals surface area (Å²) in [5, 5.41) is 14.1. The van der Waals surface area contributed by atoms with Crippen molar-refractivity contribution in [3.05, 3.63) is 83.5 Å². The lowest BCUT2D eigenvalue weighted by molar-refractivity contribution is -0.144. The van der Waals surface area contributed by atoms with Crippen LogP contribution in [0.15, 0.2) is 66.8 Å². The summed E-state index contributed by atoms with van der Waals surface area (Å²) in [6, 6.07) is 13.8. The monoisotopic (exact) mass is 542 g/mol. The normalized spacial score (nSPS) is 16.4. The number of methoxy groups -OCH3 is 2. The number of fused-ring (bicyclic) bond motifs is 1. The smallest absolute Gasteiger partial charge is 0.256 e. The first kappa shape index (κ1) is 27.2. The van der Waals surface area contributed by atoms with E-state index in [1.807, 2.05) is 41.3 Å². The Hall–Kier alpha value is -4.33. The second-order valence-corrected chi connectivity index (χ2v) is 9.81. The van der Waals surface area contributed by atoms with E-state index in [4.69, 9.17) is 14.2 Å². The van der Waals surface area contributed by atoms with E-state index in [-0.39, 0.29) is 5.91 Å². The number of nitriles is 1. The molecule has 1 atom stereocenters. The molecule has 1 saturated heterocycles. The molecule has 10 heteroatoms. The van der Waals surface area contributed by atoms with Gasteiger partial charge in [0.05, 0.1) is 30.1 Å². The van der Waals surface area contributed by atoms with Gasteiger partial charge in [-0.15, -0.1) is 0 Å². The van der Waals surface area contributed by atoms with Gasteiger partial charge in [-0.2, -0.15) is 10.4 Å². The van der Waals surface area contributed by atoms with Crippen LogP contribution in [0.5, 0.6) is 5.75 Å². The maximum atomic E-state index is 13.2. The van der Waals surface area contributed by atoms with Crippen molar-refractivity contribution in [2.24, 2.45) is 0 Å². The Labute approximate surface area is 234 Å². The minimum Gasteiger partial charge on any atom is -0.490 e. The van der Waals surface area contributed by atoms with Crippen molar-refractivity contribution >= 4 is 17.0 Å². The van der Waals surface area contributed by atoms with Crippen LogP contribution in [0.25, 0.3) is 11.1 Å². The van der Waals surface area contributed by atoms with Gasteiger partial charge >= 0.3 is 0 Å². The third-order valence-corrected chi connectivity index (χ3v) is 7.32. The first-order valence-electron chi connectivity index (χ1n) is 13.3. The molecule has 2 aliphatic rings. The molecule has 0 spiro atoms. The minimum atomic E-state index is -0.595. The summed E-state index contributed by atoms with van der Waals surface area (Å²) in [7, 11) is 5.27. The van der Waals surface area contributed by atoms with Gasteiger partial charge in [-0.25, -0.2) is 4.52 Å². The number of carbonyl (C=O) groups excluding carboxylic acids is 1. The molecule has 4 heterocycles. The molecule has 0 aliphatic carbocycles. The number of ether oxygens (including phenoxy) is 3. The first-order valence-corrected chi connectivity index (χ1v) is 13.3. The summed E-state index contributed by atoms with van der Waals surface area (Å²) in [6.45, 7) is 4.24. The number of amides is 1. The number of benzene rings is 1. The molecule has 1 aromatic carbocycles. The van der Waals surface area contributed by atoms with E-state index in [1.165, 1.54) is 0 Å². The number of rotatable bonds is 9. The second-order valence-electron chi connectivity index (χ2n) is 9.81. The molecule has 0 unspecified atom stereocenters. The summed E-state index contributed by atoms with van der Waals surface area (Å²) in [5.74, 6) is 1.75. The van der Waals surface area contributed by atoms with E-state index in [1.54, 1.807) is 31.1 Å². The molecule has 2 aromatic heterocycles. The quantitative estimate of drug-likeness (QED) is 0.381. The van der Waals surface area contributed by atoms with E-state index < -0.39 is 6.10 Å². The molecular weight excluding hydrogens is 508 g/mol. The standard InChI is InChI=1S/C30H34N6O4/c1-33-20-23(26-17-25(40-16-15-38-2)21-36-28(26)24(18-31)19-32-36)9-10-27(33)34-11-13-35(14-12-34)30(37)29(39-3)22-7-5-4-6-8-22/h4-10,17,19,21,29H,11-16,20H2,1-3H3/t29-/m1/s1. The zero-order valence-corrected chi connectivity index (χ0v) is 23.1. The highest BCUT2D eigenvalue weighted by atomic mass is 16.5. The van der Waals surface area contributed by atoms with E-state index in [2.05, 4.69) is 40.2 Å². The fraction of sp³-hybridized carbons (Fsp3) is 0.367. The Kier molecular flexibility index (Phi) is 8.34. The van der Waals surface area contributed by atoms with Crippen LogP contribution >= 0.6 is 0 Å². The molecule has 5 rings (SSSR count). The lowest BCUT2D eigenvalue weighted by atomic mass is 10.0. The van der Waals surface area contributed by atoms with Crippen LogP contribution < -0.4 is 4.74 Å². The van der Waals surface area contributed by atoms with Gasteiger partial charge in [-0.3, -0.25) is 4.79 Å². The fourth-order valence-corrected chi connectivity index (χ4v) is 5.29. The Bertz CT molecular complexity index is 1450. The Morgan fingerprint density at radius 3 is 2.55 bits per heavy atom. The molecule has 2 aliphatic heterocycles. The molecule has 208 valence electrons. The van der Waals surface area contributed by atoms with Crippen molar-refractivity contribution in [2.45, 2.75) is 6.10 Å². The van der Waals surface area contributed by atoms with Crippen molar-refractivity contribution in [3.8, 4) is 11.8 Å². The highest BCUT2D eigenvalue weighted by Gasteiger charge is 2.30. The Morgan fingerprint density at radius 2 is 1.88 bits per heavy atom. The number of carbonyl (C=O) groups is 1. The van der Waals surface area contributed by atoms with E-state index in [9.17, 15) is 10.1 Å². The summed E-state index contributed by atoms with van der Waals surface area (Å²) < 4.78 is 18.3. The molecule has 1 fully saturated rings. The van der Waals surface area contributed by atoms with Crippen LogP contribution in [0.2, 0.25) is 0 Å². The highest BCUT2D eigenvalue weighted by molar-refractivity contribution is 5.85. The zero-order chi connectivity index (χ0) is 28.1. The van der Waals surface area contributed by atoms with Crippen LogP contribution in [0.3, 0.4) is 0 Å². The van der Waals surface area contributed by atoms with Crippen molar-refractivity contribution in [3.63, 3.8) is 0 Å². The lowest BCUT2D eigenvalue weighted by Crippen LogP contribution is -2.51. The highest BCUT2D eigenvalue weighted by Crippen LogP contribution is 2.31.